The molecule has 1 aliphatic rings. The Hall–Kier alpha value is -2.25. The standard InChI is InChI=1S/C22H31N3O4/c1-15(2)11-24-9-10-28-17(13-24)14-29-22(27)20-18-7-5-6-8-19(18)21(26)25(23-20)12-16(3)4/h5-8,15-17H,9-14H2,1-4H3. The smallest absolute Gasteiger partial charge is 0.359 e. The van der Waals surface area contributed by atoms with Crippen molar-refractivity contribution in [3.8, 4) is 0 Å². The molecule has 0 aliphatic carbocycles. The summed E-state index contributed by atoms with van der Waals surface area (Å²) in [6.07, 6.45) is -0.153. The molecule has 0 spiro atoms. The molecule has 0 saturated carbocycles. The Morgan fingerprint density at radius 2 is 1.86 bits per heavy atom. The lowest BCUT2D eigenvalue weighted by molar-refractivity contribution is -0.0613. The van der Waals surface area contributed by atoms with Crippen LogP contribution in [-0.2, 0) is 16.0 Å². The molecule has 7 nitrogen and oxygen atoms in total. The minimum Gasteiger partial charge on any atom is -0.458 e. The molecule has 29 heavy (non-hydrogen) atoms. The van der Waals surface area contributed by atoms with Crippen LogP contribution < -0.4 is 5.56 Å². The van der Waals surface area contributed by atoms with Gasteiger partial charge in [-0.3, -0.25) is 9.69 Å². The molecule has 0 radical (unpaired) electrons. The monoisotopic (exact) mass is 401 g/mol. The van der Waals surface area contributed by atoms with Gasteiger partial charge in [0.15, 0.2) is 5.69 Å². The van der Waals surface area contributed by atoms with E-state index in [2.05, 4.69) is 23.8 Å². The molecule has 1 saturated heterocycles. The fourth-order valence-electron chi connectivity index (χ4n) is 3.66. The number of esters is 1. The van der Waals surface area contributed by atoms with Crippen LogP contribution in [0.25, 0.3) is 10.8 Å². The first-order valence-electron chi connectivity index (χ1n) is 10.4. The summed E-state index contributed by atoms with van der Waals surface area (Å²) in [7, 11) is 0. The van der Waals surface area contributed by atoms with Crippen molar-refractivity contribution in [3.63, 3.8) is 0 Å². The van der Waals surface area contributed by atoms with Crippen LogP contribution in [0.5, 0.6) is 0 Å². The highest BCUT2D eigenvalue weighted by molar-refractivity contribution is 6.02. The summed E-state index contributed by atoms with van der Waals surface area (Å²) in [5, 5.41) is 5.34. The minimum atomic E-state index is -0.525. The van der Waals surface area contributed by atoms with E-state index in [0.29, 0.717) is 29.8 Å². The van der Waals surface area contributed by atoms with Crippen LogP contribution in [0.3, 0.4) is 0 Å². The molecule has 0 amide bonds. The number of carbonyl (C=O) groups is 1. The first kappa shape index (κ1) is 21.5. The van der Waals surface area contributed by atoms with E-state index in [1.165, 1.54) is 4.68 Å². The fourth-order valence-corrected chi connectivity index (χ4v) is 3.66. The Morgan fingerprint density at radius 1 is 1.17 bits per heavy atom. The highest BCUT2D eigenvalue weighted by atomic mass is 16.6. The van der Waals surface area contributed by atoms with Crippen molar-refractivity contribution in [2.45, 2.75) is 40.3 Å². The van der Waals surface area contributed by atoms with Crippen molar-refractivity contribution in [2.24, 2.45) is 11.8 Å². The number of hydrogen-bond acceptors (Lipinski definition) is 6. The van der Waals surface area contributed by atoms with Crippen molar-refractivity contribution in [1.82, 2.24) is 14.7 Å². The van der Waals surface area contributed by atoms with Gasteiger partial charge in [-0.1, -0.05) is 45.9 Å². The van der Waals surface area contributed by atoms with Gasteiger partial charge < -0.3 is 9.47 Å². The third kappa shape index (κ3) is 5.42. The Labute approximate surface area is 171 Å². The summed E-state index contributed by atoms with van der Waals surface area (Å²) < 4.78 is 12.7. The number of aromatic nitrogens is 2. The third-order valence-corrected chi connectivity index (χ3v) is 4.85. The van der Waals surface area contributed by atoms with Gasteiger partial charge in [0.05, 0.1) is 12.0 Å². The Balaban J connectivity index is 1.76. The van der Waals surface area contributed by atoms with Gasteiger partial charge in [-0.15, -0.1) is 0 Å². The van der Waals surface area contributed by atoms with Gasteiger partial charge in [-0.25, -0.2) is 9.48 Å². The summed E-state index contributed by atoms with van der Waals surface area (Å²) >= 11 is 0. The lowest BCUT2D eigenvalue weighted by Crippen LogP contribution is -2.46. The predicted octanol–water partition coefficient (Wildman–Crippen LogP) is 2.57. The third-order valence-electron chi connectivity index (χ3n) is 4.85. The highest BCUT2D eigenvalue weighted by Gasteiger charge is 2.24. The number of morpholine rings is 1. The predicted molar refractivity (Wildman–Crippen MR) is 112 cm³/mol. The van der Waals surface area contributed by atoms with Crippen molar-refractivity contribution >= 4 is 16.7 Å². The number of rotatable bonds is 7. The van der Waals surface area contributed by atoms with Crippen molar-refractivity contribution in [3.05, 3.63) is 40.3 Å². The summed E-state index contributed by atoms with van der Waals surface area (Å²) in [6, 6.07) is 7.04. The average molecular weight is 402 g/mol. The molecule has 1 aromatic carbocycles. The maximum absolute atomic E-state index is 12.8. The van der Waals surface area contributed by atoms with Gasteiger partial charge in [0, 0.05) is 31.6 Å². The second-order valence-corrected chi connectivity index (χ2v) is 8.52. The van der Waals surface area contributed by atoms with E-state index in [1.807, 2.05) is 13.8 Å². The first-order chi connectivity index (χ1) is 13.8. The summed E-state index contributed by atoms with van der Waals surface area (Å²) in [4.78, 5) is 27.9. The molecule has 1 aliphatic heterocycles. The zero-order chi connectivity index (χ0) is 21.0. The number of carbonyl (C=O) groups excluding carboxylic acids is 1. The normalized spacial score (nSPS) is 17.9. The molecular formula is C22H31N3O4. The molecule has 2 aromatic rings. The lowest BCUT2D eigenvalue weighted by Gasteiger charge is -2.33. The fraction of sp³-hybridized carbons (Fsp3) is 0.591. The Kier molecular flexibility index (Phi) is 7.03. The van der Waals surface area contributed by atoms with Gasteiger partial charge in [0.1, 0.15) is 12.7 Å². The molecule has 1 atom stereocenters. The molecule has 1 unspecified atom stereocenters. The largest absolute Gasteiger partial charge is 0.458 e. The molecule has 1 fully saturated rings. The van der Waals surface area contributed by atoms with Crippen LogP contribution in [0, 0.1) is 11.8 Å². The van der Waals surface area contributed by atoms with Gasteiger partial charge in [-0.2, -0.15) is 5.10 Å². The number of ether oxygens (including phenoxy) is 2. The van der Waals surface area contributed by atoms with Gasteiger partial charge >= 0.3 is 5.97 Å². The topological polar surface area (TPSA) is 73.7 Å². The Morgan fingerprint density at radius 3 is 2.55 bits per heavy atom. The zero-order valence-electron chi connectivity index (χ0n) is 17.8. The SMILES string of the molecule is CC(C)CN1CCOC(COC(=O)c2nn(CC(C)C)c(=O)c3ccccc23)C1. The number of fused-ring (bicyclic) bond motifs is 1. The molecule has 158 valence electrons. The minimum absolute atomic E-state index is 0.153. The van der Waals surface area contributed by atoms with Crippen LogP contribution in [0.2, 0.25) is 0 Å². The average Bonchev–Trinajstić information content (AvgIpc) is 2.68. The van der Waals surface area contributed by atoms with E-state index in [4.69, 9.17) is 9.47 Å². The van der Waals surface area contributed by atoms with Crippen LogP contribution in [0.15, 0.2) is 29.1 Å². The summed E-state index contributed by atoms with van der Waals surface area (Å²) in [5.41, 5.74) is -0.0125. The van der Waals surface area contributed by atoms with E-state index in [-0.39, 0.29) is 29.9 Å². The maximum Gasteiger partial charge on any atom is 0.359 e. The van der Waals surface area contributed by atoms with Crippen LogP contribution >= 0.6 is 0 Å². The highest BCUT2D eigenvalue weighted by Crippen LogP contribution is 2.16. The van der Waals surface area contributed by atoms with Gasteiger partial charge in [-0.05, 0) is 17.9 Å². The Bertz CT molecular complexity index is 907. The quantitative estimate of drug-likeness (QED) is 0.664. The summed E-state index contributed by atoms with van der Waals surface area (Å²) in [5.74, 6) is 0.282. The van der Waals surface area contributed by atoms with E-state index in [0.717, 1.165) is 19.6 Å². The van der Waals surface area contributed by atoms with Crippen molar-refractivity contribution < 1.29 is 14.3 Å². The molecule has 7 heteroatoms. The first-order valence-corrected chi connectivity index (χ1v) is 10.4. The van der Waals surface area contributed by atoms with Crippen molar-refractivity contribution in [2.75, 3.05) is 32.8 Å². The number of benzene rings is 1. The van der Waals surface area contributed by atoms with E-state index < -0.39 is 5.97 Å². The van der Waals surface area contributed by atoms with E-state index in [1.54, 1.807) is 24.3 Å². The van der Waals surface area contributed by atoms with E-state index >= 15 is 0 Å². The van der Waals surface area contributed by atoms with E-state index in [9.17, 15) is 9.59 Å². The van der Waals surface area contributed by atoms with Gasteiger partial charge in [0.25, 0.3) is 5.56 Å². The second-order valence-electron chi connectivity index (χ2n) is 8.52. The zero-order valence-corrected chi connectivity index (χ0v) is 17.8. The molecule has 1 aromatic heterocycles. The van der Waals surface area contributed by atoms with Crippen LogP contribution in [0.1, 0.15) is 38.2 Å². The lowest BCUT2D eigenvalue weighted by atomic mass is 10.1. The molecule has 2 heterocycles. The van der Waals surface area contributed by atoms with Crippen LogP contribution in [0.4, 0.5) is 0 Å². The van der Waals surface area contributed by atoms with Crippen LogP contribution in [-0.4, -0.2) is 59.6 Å². The van der Waals surface area contributed by atoms with Gasteiger partial charge in [0.2, 0.25) is 0 Å². The van der Waals surface area contributed by atoms with Crippen molar-refractivity contribution in [1.29, 1.82) is 0 Å². The number of hydrogen-bond donors (Lipinski definition) is 0. The molecule has 0 N–H and O–H groups in total. The molecule has 3 rings (SSSR count). The molecule has 0 bridgehead atoms. The number of nitrogens with zero attached hydrogens (tertiary/aromatic N) is 3. The summed E-state index contributed by atoms with van der Waals surface area (Å²) in [6.45, 7) is 12.3. The molecular weight excluding hydrogens is 370 g/mol. The second kappa shape index (κ2) is 9.50. The maximum atomic E-state index is 12.8.